The van der Waals surface area contributed by atoms with Gasteiger partial charge < -0.3 is 11.1 Å². The second-order valence-electron chi connectivity index (χ2n) is 9.64. The van der Waals surface area contributed by atoms with Crippen LogP contribution in [0.15, 0.2) is 54.7 Å². The minimum absolute atomic E-state index is 0.0189. The van der Waals surface area contributed by atoms with Crippen molar-refractivity contribution in [3.8, 4) is 21.7 Å². The summed E-state index contributed by atoms with van der Waals surface area (Å²) >= 11 is 2.29. The predicted molar refractivity (Wildman–Crippen MR) is 162 cm³/mol. The first-order valence-electron chi connectivity index (χ1n) is 13.0. The number of thiophene rings is 2. The van der Waals surface area contributed by atoms with Crippen LogP contribution >= 0.6 is 22.7 Å². The van der Waals surface area contributed by atoms with Crippen LogP contribution in [0, 0.1) is 13.8 Å². The highest BCUT2D eigenvalue weighted by molar-refractivity contribution is 7.21. The molecule has 0 saturated carbocycles. The van der Waals surface area contributed by atoms with E-state index in [0.29, 0.717) is 44.5 Å². The standard InChI is InChI=1S/C30H24F2N6O2S2/c1-4-38-15(3)19(13-34-38)21-11-17(16-7-5-6-8-20(16)35-21)29(40)37-25-24-18(23-10-9-14(2)41-23)12-22(27(31)32)36-30(24)42-26(25)28(33)39/h5-13,27H,4H2,1-3H3,(H2,33,39)(H,37,40). The number of nitrogens with two attached hydrogens (primary N) is 1. The van der Waals surface area contributed by atoms with Crippen LogP contribution in [0.5, 0.6) is 0 Å². The fourth-order valence-electron chi connectivity index (χ4n) is 4.99. The van der Waals surface area contributed by atoms with E-state index in [2.05, 4.69) is 15.4 Å². The topological polar surface area (TPSA) is 116 Å². The fraction of sp³-hybridized carbons (Fsp3) is 0.167. The molecule has 0 spiro atoms. The number of rotatable bonds is 7. The zero-order valence-corrected chi connectivity index (χ0v) is 24.4. The smallest absolute Gasteiger partial charge is 0.280 e. The van der Waals surface area contributed by atoms with Crippen molar-refractivity contribution in [3.05, 3.63) is 81.4 Å². The lowest BCUT2D eigenvalue weighted by molar-refractivity contribution is 0.100. The Morgan fingerprint density at radius 3 is 2.50 bits per heavy atom. The number of hydrogen-bond acceptors (Lipinski definition) is 7. The van der Waals surface area contributed by atoms with E-state index < -0.39 is 23.9 Å². The van der Waals surface area contributed by atoms with Crippen molar-refractivity contribution in [3.63, 3.8) is 0 Å². The molecular formula is C30H24F2N6O2S2. The highest BCUT2D eigenvalue weighted by Crippen LogP contribution is 2.44. The number of carbonyl (C=O) groups is 2. The number of fused-ring (bicyclic) bond motifs is 2. The maximum atomic E-state index is 14.1. The summed E-state index contributed by atoms with van der Waals surface area (Å²) < 4.78 is 29.5. The average molecular weight is 603 g/mol. The van der Waals surface area contributed by atoms with Crippen LogP contribution in [0.1, 0.15) is 49.6 Å². The molecule has 6 aromatic rings. The number of amides is 2. The molecule has 0 aliphatic heterocycles. The minimum atomic E-state index is -2.83. The number of carbonyl (C=O) groups excluding carboxylic acids is 2. The van der Waals surface area contributed by atoms with Crippen LogP contribution in [-0.4, -0.2) is 31.6 Å². The van der Waals surface area contributed by atoms with E-state index in [4.69, 9.17) is 10.7 Å². The lowest BCUT2D eigenvalue weighted by Gasteiger charge is -2.12. The summed E-state index contributed by atoms with van der Waals surface area (Å²) in [4.78, 5) is 37.4. The number of halogens is 2. The molecule has 2 amide bonds. The summed E-state index contributed by atoms with van der Waals surface area (Å²) in [7, 11) is 0. The van der Waals surface area contributed by atoms with Gasteiger partial charge in [-0.15, -0.1) is 22.7 Å². The van der Waals surface area contributed by atoms with E-state index >= 15 is 0 Å². The van der Waals surface area contributed by atoms with E-state index in [1.807, 2.05) is 55.8 Å². The van der Waals surface area contributed by atoms with Crippen molar-refractivity contribution >= 4 is 61.3 Å². The van der Waals surface area contributed by atoms with Gasteiger partial charge in [-0.2, -0.15) is 5.10 Å². The molecule has 12 heteroatoms. The highest BCUT2D eigenvalue weighted by Gasteiger charge is 2.26. The van der Waals surface area contributed by atoms with Crippen LogP contribution in [0.25, 0.3) is 42.8 Å². The number of nitrogens with one attached hydrogen (secondary N) is 1. The van der Waals surface area contributed by atoms with Gasteiger partial charge in [-0.3, -0.25) is 14.3 Å². The SMILES string of the molecule is CCn1ncc(-c2cc(C(=O)Nc3c(C(N)=O)sc4nc(C(F)F)cc(-c5ccc(C)s5)c34)c3ccccc3n2)c1C. The first kappa shape index (κ1) is 27.6. The summed E-state index contributed by atoms with van der Waals surface area (Å²) in [5.74, 6) is -1.31. The number of alkyl halides is 2. The molecule has 1 aromatic carbocycles. The summed E-state index contributed by atoms with van der Waals surface area (Å²) in [6, 6.07) is 13.9. The number of primary amides is 1. The van der Waals surface area contributed by atoms with Crippen molar-refractivity contribution in [1.29, 1.82) is 0 Å². The summed E-state index contributed by atoms with van der Waals surface area (Å²) in [5.41, 5.74) is 9.07. The Balaban J connectivity index is 1.55. The molecule has 0 bridgehead atoms. The van der Waals surface area contributed by atoms with Gasteiger partial charge in [0.1, 0.15) is 15.4 Å². The number of pyridine rings is 2. The second-order valence-corrected chi connectivity index (χ2v) is 11.9. The van der Waals surface area contributed by atoms with Crippen LogP contribution in [-0.2, 0) is 6.54 Å². The third kappa shape index (κ3) is 4.72. The maximum absolute atomic E-state index is 14.1. The van der Waals surface area contributed by atoms with E-state index in [9.17, 15) is 18.4 Å². The van der Waals surface area contributed by atoms with Gasteiger partial charge in [-0.1, -0.05) is 18.2 Å². The molecule has 212 valence electrons. The number of para-hydroxylation sites is 1. The quantitative estimate of drug-likeness (QED) is 0.198. The Morgan fingerprint density at radius 1 is 1.05 bits per heavy atom. The summed E-state index contributed by atoms with van der Waals surface area (Å²) in [6.07, 6.45) is -1.11. The molecule has 5 heterocycles. The van der Waals surface area contributed by atoms with Crippen molar-refractivity contribution < 1.29 is 18.4 Å². The normalized spacial score (nSPS) is 11.6. The molecule has 0 fully saturated rings. The van der Waals surface area contributed by atoms with Crippen LogP contribution in [0.3, 0.4) is 0 Å². The molecule has 6 rings (SSSR count). The predicted octanol–water partition coefficient (Wildman–Crippen LogP) is 7.36. The zero-order valence-electron chi connectivity index (χ0n) is 22.7. The minimum Gasteiger partial charge on any atom is -0.365 e. The number of nitrogens with zero attached hydrogens (tertiary/aromatic N) is 4. The molecule has 3 N–H and O–H groups in total. The summed E-state index contributed by atoms with van der Waals surface area (Å²) in [5, 5.41) is 8.30. The fourth-order valence-corrected chi connectivity index (χ4v) is 6.90. The summed E-state index contributed by atoms with van der Waals surface area (Å²) in [6.45, 7) is 6.52. The lowest BCUT2D eigenvalue weighted by Crippen LogP contribution is -2.17. The molecule has 5 aromatic heterocycles. The van der Waals surface area contributed by atoms with E-state index in [1.165, 1.54) is 17.4 Å². The number of benzene rings is 1. The van der Waals surface area contributed by atoms with Gasteiger partial charge >= 0.3 is 0 Å². The van der Waals surface area contributed by atoms with Crippen molar-refractivity contribution in [2.45, 2.75) is 33.7 Å². The third-order valence-corrected chi connectivity index (χ3v) is 9.15. The molecule has 0 aliphatic carbocycles. The number of anilines is 1. The molecule has 42 heavy (non-hydrogen) atoms. The molecule has 8 nitrogen and oxygen atoms in total. The zero-order chi connectivity index (χ0) is 29.7. The average Bonchev–Trinajstić information content (AvgIpc) is 3.68. The molecular weight excluding hydrogens is 579 g/mol. The monoisotopic (exact) mass is 602 g/mol. The molecule has 0 unspecified atom stereocenters. The molecule has 0 saturated heterocycles. The highest BCUT2D eigenvalue weighted by atomic mass is 32.1. The van der Waals surface area contributed by atoms with Gasteiger partial charge in [0.05, 0.1) is 28.7 Å². The van der Waals surface area contributed by atoms with E-state index in [0.717, 1.165) is 27.5 Å². The number of aryl methyl sites for hydroxylation is 2. The van der Waals surface area contributed by atoms with Crippen LogP contribution in [0.2, 0.25) is 0 Å². The van der Waals surface area contributed by atoms with Gasteiger partial charge in [0.25, 0.3) is 18.2 Å². The first-order valence-corrected chi connectivity index (χ1v) is 14.7. The van der Waals surface area contributed by atoms with Crippen molar-refractivity contribution in [1.82, 2.24) is 19.7 Å². The molecule has 0 radical (unpaired) electrons. The van der Waals surface area contributed by atoms with Gasteiger partial charge in [-0.05, 0) is 51.1 Å². The largest absolute Gasteiger partial charge is 0.365 e. The molecule has 0 aliphatic rings. The lowest BCUT2D eigenvalue weighted by atomic mass is 10.0. The molecule has 0 atom stereocenters. The van der Waals surface area contributed by atoms with Crippen LogP contribution in [0.4, 0.5) is 14.5 Å². The van der Waals surface area contributed by atoms with Crippen LogP contribution < -0.4 is 11.1 Å². The second kappa shape index (κ2) is 10.7. The van der Waals surface area contributed by atoms with Gasteiger partial charge in [0.2, 0.25) is 0 Å². The van der Waals surface area contributed by atoms with Crippen molar-refractivity contribution in [2.24, 2.45) is 5.73 Å². The van der Waals surface area contributed by atoms with Crippen molar-refractivity contribution in [2.75, 3.05) is 5.32 Å². The first-order chi connectivity index (χ1) is 20.2. The Labute approximate surface area is 246 Å². The Kier molecular flexibility index (Phi) is 7.03. The third-order valence-electron chi connectivity index (χ3n) is 7.01. The Bertz CT molecular complexity index is 2030. The number of aromatic nitrogens is 4. The van der Waals surface area contributed by atoms with Gasteiger partial charge in [0, 0.05) is 43.9 Å². The van der Waals surface area contributed by atoms with E-state index in [1.54, 1.807) is 18.3 Å². The van der Waals surface area contributed by atoms with Gasteiger partial charge in [0.15, 0.2) is 0 Å². The number of hydrogen-bond donors (Lipinski definition) is 2. The Hall–Kier alpha value is -4.55. The maximum Gasteiger partial charge on any atom is 0.280 e. The van der Waals surface area contributed by atoms with E-state index in [-0.39, 0.29) is 15.4 Å². The van der Waals surface area contributed by atoms with Gasteiger partial charge in [-0.25, -0.2) is 18.7 Å². The Morgan fingerprint density at radius 2 is 1.83 bits per heavy atom.